The predicted molar refractivity (Wildman–Crippen MR) is 90.9 cm³/mol. The smallest absolute Gasteiger partial charge is 0.194 e. The maximum Gasteiger partial charge on any atom is 0.194 e. The SMILES string of the molecule is [O-][NH+](O)c1ccccc1N1CSc2nnc(-c3ccccc3)n2C1. The minimum atomic E-state index is -0.923. The summed E-state index contributed by atoms with van der Waals surface area (Å²) in [5, 5.41) is 29.4. The number of benzene rings is 2. The minimum Gasteiger partial charge on any atom is -0.595 e. The molecule has 1 aliphatic rings. The molecule has 122 valence electrons. The van der Waals surface area contributed by atoms with Gasteiger partial charge in [0, 0.05) is 11.6 Å². The van der Waals surface area contributed by atoms with Crippen molar-refractivity contribution in [2.75, 3.05) is 10.8 Å². The summed E-state index contributed by atoms with van der Waals surface area (Å²) in [4.78, 5) is 2.02. The van der Waals surface area contributed by atoms with E-state index in [9.17, 15) is 10.4 Å². The number of nitrogens with zero attached hydrogens (tertiary/aromatic N) is 4. The Morgan fingerprint density at radius 1 is 1.04 bits per heavy atom. The normalized spacial score (nSPS) is 15.2. The van der Waals surface area contributed by atoms with Gasteiger partial charge >= 0.3 is 0 Å². The number of rotatable bonds is 3. The van der Waals surface area contributed by atoms with Crippen molar-refractivity contribution in [1.82, 2.24) is 14.8 Å². The quantitative estimate of drug-likeness (QED) is 0.708. The van der Waals surface area contributed by atoms with Crippen molar-refractivity contribution in [2.45, 2.75) is 11.8 Å². The number of aromatic nitrogens is 3. The van der Waals surface area contributed by atoms with E-state index in [2.05, 4.69) is 10.2 Å². The molecule has 1 unspecified atom stereocenters. The fraction of sp³-hybridized carbons (Fsp3) is 0.125. The third-order valence-electron chi connectivity index (χ3n) is 3.89. The highest BCUT2D eigenvalue weighted by molar-refractivity contribution is 7.99. The summed E-state index contributed by atoms with van der Waals surface area (Å²) in [6.07, 6.45) is 0. The first kappa shape index (κ1) is 15.2. The van der Waals surface area contributed by atoms with Crippen molar-refractivity contribution < 1.29 is 10.4 Å². The summed E-state index contributed by atoms with van der Waals surface area (Å²) in [6.45, 7) is 0.518. The van der Waals surface area contributed by atoms with Crippen LogP contribution in [-0.2, 0) is 6.67 Å². The van der Waals surface area contributed by atoms with E-state index in [1.165, 1.54) is 0 Å². The molecule has 0 radical (unpaired) electrons. The van der Waals surface area contributed by atoms with E-state index in [1.807, 2.05) is 51.9 Å². The van der Waals surface area contributed by atoms with Crippen LogP contribution in [0.5, 0.6) is 0 Å². The molecular formula is C16H15N5O2S. The third-order valence-corrected chi connectivity index (χ3v) is 4.89. The second-order valence-corrected chi connectivity index (χ2v) is 6.29. The van der Waals surface area contributed by atoms with Gasteiger partial charge in [0.25, 0.3) is 0 Å². The van der Waals surface area contributed by atoms with Crippen LogP contribution >= 0.6 is 11.8 Å². The van der Waals surface area contributed by atoms with Crippen LogP contribution in [0.4, 0.5) is 11.4 Å². The van der Waals surface area contributed by atoms with E-state index in [-0.39, 0.29) is 0 Å². The van der Waals surface area contributed by atoms with Crippen molar-refractivity contribution in [3.05, 3.63) is 59.8 Å². The highest BCUT2D eigenvalue weighted by atomic mass is 32.2. The molecule has 2 aromatic carbocycles. The molecule has 4 rings (SSSR count). The van der Waals surface area contributed by atoms with Crippen LogP contribution in [0.15, 0.2) is 59.8 Å². The zero-order chi connectivity index (χ0) is 16.5. The van der Waals surface area contributed by atoms with Gasteiger partial charge in [-0.05, 0) is 6.07 Å². The first-order chi connectivity index (χ1) is 11.7. The average molecular weight is 341 g/mol. The highest BCUT2D eigenvalue weighted by Gasteiger charge is 2.25. The number of anilines is 1. The molecule has 0 bridgehead atoms. The summed E-state index contributed by atoms with van der Waals surface area (Å²) in [5.41, 5.74) is 2.00. The minimum absolute atomic E-state index is 0.302. The Bertz CT molecular complexity index is 853. The monoisotopic (exact) mass is 341 g/mol. The number of quaternary nitrogens is 1. The number of nitrogens with one attached hydrogen (secondary N) is 1. The second kappa shape index (κ2) is 6.25. The lowest BCUT2D eigenvalue weighted by Gasteiger charge is -2.31. The first-order valence-corrected chi connectivity index (χ1v) is 8.41. The molecule has 1 aromatic heterocycles. The summed E-state index contributed by atoms with van der Waals surface area (Å²) in [6, 6.07) is 16.9. The van der Waals surface area contributed by atoms with Crippen LogP contribution in [0.1, 0.15) is 0 Å². The summed E-state index contributed by atoms with van der Waals surface area (Å²) in [7, 11) is 0. The van der Waals surface area contributed by atoms with E-state index < -0.39 is 5.23 Å². The highest BCUT2D eigenvalue weighted by Crippen LogP contribution is 2.33. The molecule has 0 fully saturated rings. The van der Waals surface area contributed by atoms with Gasteiger partial charge in [-0.1, -0.05) is 54.2 Å². The average Bonchev–Trinajstić information content (AvgIpc) is 3.05. The molecule has 0 amide bonds. The molecule has 0 saturated heterocycles. The molecule has 0 saturated carbocycles. The van der Waals surface area contributed by atoms with Crippen LogP contribution in [0.3, 0.4) is 0 Å². The van der Waals surface area contributed by atoms with Gasteiger partial charge in [-0.2, -0.15) is 5.23 Å². The van der Waals surface area contributed by atoms with E-state index >= 15 is 0 Å². The lowest BCUT2D eigenvalue weighted by Crippen LogP contribution is -2.99. The van der Waals surface area contributed by atoms with Gasteiger partial charge in [-0.15, -0.1) is 10.2 Å². The molecular weight excluding hydrogens is 326 g/mol. The molecule has 1 atom stereocenters. The van der Waals surface area contributed by atoms with Crippen molar-refractivity contribution >= 4 is 23.1 Å². The summed E-state index contributed by atoms with van der Waals surface area (Å²) < 4.78 is 2.02. The van der Waals surface area contributed by atoms with Gasteiger partial charge < -0.3 is 10.1 Å². The molecule has 1 aliphatic heterocycles. The number of para-hydroxylation sites is 2. The van der Waals surface area contributed by atoms with Gasteiger partial charge in [0.05, 0.1) is 12.5 Å². The molecule has 0 spiro atoms. The number of hydrogen-bond acceptors (Lipinski definition) is 6. The maximum atomic E-state index is 11.5. The Labute approximate surface area is 142 Å². The van der Waals surface area contributed by atoms with Crippen molar-refractivity contribution in [3.8, 4) is 11.4 Å². The number of hydrogen-bond donors (Lipinski definition) is 2. The zero-order valence-corrected chi connectivity index (χ0v) is 13.5. The Morgan fingerprint density at radius 3 is 2.58 bits per heavy atom. The van der Waals surface area contributed by atoms with Crippen LogP contribution < -0.4 is 10.1 Å². The Balaban J connectivity index is 1.71. The van der Waals surface area contributed by atoms with Gasteiger partial charge in [-0.3, -0.25) is 4.57 Å². The topological polar surface area (TPSA) is 81.7 Å². The van der Waals surface area contributed by atoms with E-state index in [1.54, 1.807) is 23.9 Å². The molecule has 24 heavy (non-hydrogen) atoms. The lowest BCUT2D eigenvalue weighted by atomic mass is 10.2. The van der Waals surface area contributed by atoms with Crippen molar-refractivity contribution in [1.29, 1.82) is 0 Å². The molecule has 7 nitrogen and oxygen atoms in total. The fourth-order valence-electron chi connectivity index (χ4n) is 2.75. The van der Waals surface area contributed by atoms with Crippen molar-refractivity contribution in [2.24, 2.45) is 0 Å². The standard InChI is InChI=1S/C16H15N5O2S/c22-21(23)14-9-5-4-8-13(14)19-10-20-15(12-6-2-1-3-7-12)17-18-16(20)24-11-19/h1-9,21-22H,10-11H2. The first-order valence-electron chi connectivity index (χ1n) is 7.43. The largest absolute Gasteiger partial charge is 0.595 e. The van der Waals surface area contributed by atoms with E-state index in [0.717, 1.165) is 16.5 Å². The van der Waals surface area contributed by atoms with Crippen molar-refractivity contribution in [3.63, 3.8) is 0 Å². The summed E-state index contributed by atoms with van der Waals surface area (Å²) >= 11 is 1.55. The zero-order valence-electron chi connectivity index (χ0n) is 12.7. The van der Waals surface area contributed by atoms with Crippen LogP contribution in [0, 0.1) is 5.21 Å². The fourth-order valence-corrected chi connectivity index (χ4v) is 3.64. The number of fused-ring (bicyclic) bond motifs is 1. The lowest BCUT2D eigenvalue weighted by molar-refractivity contribution is -0.990. The molecule has 2 heterocycles. The van der Waals surface area contributed by atoms with Crippen LogP contribution in [0.2, 0.25) is 0 Å². The second-order valence-electron chi connectivity index (χ2n) is 5.38. The van der Waals surface area contributed by atoms with Gasteiger partial charge in [0.2, 0.25) is 0 Å². The Hall–Kier alpha value is -2.39. The van der Waals surface area contributed by atoms with Gasteiger partial charge in [0.15, 0.2) is 16.7 Å². The molecule has 0 aliphatic carbocycles. The van der Waals surface area contributed by atoms with E-state index in [0.29, 0.717) is 23.9 Å². The molecule has 2 N–H and O–H groups in total. The van der Waals surface area contributed by atoms with Crippen LogP contribution in [-0.4, -0.2) is 25.8 Å². The predicted octanol–water partition coefficient (Wildman–Crippen LogP) is 1.88. The van der Waals surface area contributed by atoms with Crippen LogP contribution in [0.25, 0.3) is 11.4 Å². The molecule has 3 aromatic rings. The maximum absolute atomic E-state index is 11.5. The molecule has 8 heteroatoms. The van der Waals surface area contributed by atoms with Gasteiger partial charge in [0.1, 0.15) is 5.69 Å². The Morgan fingerprint density at radius 2 is 1.79 bits per heavy atom. The third kappa shape index (κ3) is 2.65. The summed E-state index contributed by atoms with van der Waals surface area (Å²) in [5.74, 6) is 1.42. The number of thioether (sulfide) groups is 1. The Kier molecular flexibility index (Phi) is 3.95. The van der Waals surface area contributed by atoms with Gasteiger partial charge in [-0.25, -0.2) is 5.21 Å². The van der Waals surface area contributed by atoms with E-state index in [4.69, 9.17) is 0 Å².